The lowest BCUT2D eigenvalue weighted by molar-refractivity contribution is -0.140. The molecule has 5 nitrogen and oxygen atoms in total. The topological polar surface area (TPSA) is 58.6 Å². The van der Waals surface area contributed by atoms with Crippen molar-refractivity contribution in [1.82, 2.24) is 10.2 Å². The van der Waals surface area contributed by atoms with E-state index in [2.05, 4.69) is 15.0 Å². The van der Waals surface area contributed by atoms with Gasteiger partial charge in [0, 0.05) is 25.6 Å². The fraction of sp³-hybridized carbons (Fsp3) is 0.867. The maximum atomic E-state index is 11.9. The molecule has 116 valence electrons. The van der Waals surface area contributed by atoms with Crippen molar-refractivity contribution >= 4 is 11.9 Å². The lowest BCUT2D eigenvalue weighted by Crippen LogP contribution is -2.38. The van der Waals surface area contributed by atoms with Gasteiger partial charge in [-0.15, -0.1) is 0 Å². The highest BCUT2D eigenvalue weighted by atomic mass is 16.5. The number of nitrogens with one attached hydrogen (secondary N) is 1. The first-order chi connectivity index (χ1) is 9.65. The molecular weight excluding hydrogens is 256 g/mol. The highest BCUT2D eigenvalue weighted by Gasteiger charge is 2.16. The van der Waals surface area contributed by atoms with Crippen LogP contribution in [0.25, 0.3) is 0 Å². The Kier molecular flexibility index (Phi) is 8.26. The summed E-state index contributed by atoms with van der Waals surface area (Å²) < 4.78 is 4.63. The zero-order valence-corrected chi connectivity index (χ0v) is 12.8. The van der Waals surface area contributed by atoms with Gasteiger partial charge in [-0.25, -0.2) is 0 Å². The number of hydrogen-bond acceptors (Lipinski definition) is 4. The average Bonchev–Trinajstić information content (AvgIpc) is 2.48. The molecule has 1 rings (SSSR count). The average molecular weight is 284 g/mol. The minimum Gasteiger partial charge on any atom is -0.469 e. The number of amides is 1. The summed E-state index contributed by atoms with van der Waals surface area (Å²) in [5, 5.41) is 3.12. The fourth-order valence-electron chi connectivity index (χ4n) is 2.59. The lowest BCUT2D eigenvalue weighted by Gasteiger charge is -2.24. The molecule has 0 bridgehead atoms. The van der Waals surface area contributed by atoms with Crippen molar-refractivity contribution in [3.05, 3.63) is 0 Å². The van der Waals surface area contributed by atoms with E-state index in [1.165, 1.54) is 26.4 Å². The number of rotatable bonds is 8. The molecule has 0 atom stereocenters. The van der Waals surface area contributed by atoms with Crippen LogP contribution in [0.1, 0.15) is 51.9 Å². The molecule has 0 spiro atoms. The second-order valence-electron chi connectivity index (χ2n) is 5.41. The van der Waals surface area contributed by atoms with Crippen LogP contribution < -0.4 is 5.32 Å². The van der Waals surface area contributed by atoms with Crippen molar-refractivity contribution in [3.63, 3.8) is 0 Å². The smallest absolute Gasteiger partial charge is 0.306 e. The Balaban J connectivity index is 2.18. The van der Waals surface area contributed by atoms with Gasteiger partial charge < -0.3 is 15.0 Å². The van der Waals surface area contributed by atoms with Crippen molar-refractivity contribution < 1.29 is 14.3 Å². The summed E-state index contributed by atoms with van der Waals surface area (Å²) in [6.07, 6.45) is 6.87. The molecule has 1 aliphatic carbocycles. The van der Waals surface area contributed by atoms with Gasteiger partial charge in [-0.05, 0) is 19.4 Å². The van der Waals surface area contributed by atoms with Crippen LogP contribution in [-0.2, 0) is 14.3 Å². The molecule has 1 amide bonds. The zero-order valence-electron chi connectivity index (χ0n) is 12.8. The molecule has 0 aliphatic heterocycles. The molecule has 0 aromatic heterocycles. The molecule has 0 heterocycles. The monoisotopic (exact) mass is 284 g/mol. The molecule has 0 saturated heterocycles. The largest absolute Gasteiger partial charge is 0.469 e. The summed E-state index contributed by atoms with van der Waals surface area (Å²) >= 11 is 0. The van der Waals surface area contributed by atoms with Crippen molar-refractivity contribution in [2.45, 2.75) is 57.9 Å². The molecule has 0 aromatic rings. The van der Waals surface area contributed by atoms with Crippen LogP contribution in [0.3, 0.4) is 0 Å². The summed E-state index contributed by atoms with van der Waals surface area (Å²) in [7, 11) is 1.40. The number of esters is 1. The van der Waals surface area contributed by atoms with E-state index in [4.69, 9.17) is 0 Å². The van der Waals surface area contributed by atoms with Crippen LogP contribution in [-0.4, -0.2) is 49.6 Å². The van der Waals surface area contributed by atoms with E-state index in [1.54, 1.807) is 0 Å². The third-order valence-corrected chi connectivity index (χ3v) is 3.93. The molecule has 0 radical (unpaired) electrons. The zero-order chi connectivity index (χ0) is 14.8. The summed E-state index contributed by atoms with van der Waals surface area (Å²) in [6.45, 7) is 4.23. The Morgan fingerprint density at radius 3 is 2.40 bits per heavy atom. The van der Waals surface area contributed by atoms with Crippen LogP contribution in [0.2, 0.25) is 0 Å². The Labute approximate surface area is 122 Å². The Morgan fingerprint density at radius 1 is 1.15 bits per heavy atom. The third-order valence-electron chi connectivity index (χ3n) is 3.93. The van der Waals surface area contributed by atoms with Gasteiger partial charge in [-0.3, -0.25) is 9.59 Å². The van der Waals surface area contributed by atoms with Crippen LogP contribution >= 0.6 is 0 Å². The van der Waals surface area contributed by atoms with E-state index in [0.717, 1.165) is 19.4 Å². The van der Waals surface area contributed by atoms with Gasteiger partial charge in [0.05, 0.1) is 13.5 Å². The summed E-state index contributed by atoms with van der Waals surface area (Å²) in [4.78, 5) is 25.1. The standard InChI is InChI=1S/C15H28N2O3/c1-3-17(12-10-15(19)20-2)11-9-14(18)16-13-7-5-4-6-8-13/h13H,3-12H2,1-2H3,(H,16,18). The SMILES string of the molecule is CCN(CCC(=O)NC1CCCCC1)CCC(=O)OC. The van der Waals surface area contributed by atoms with E-state index < -0.39 is 0 Å². The Bertz CT molecular complexity index is 301. The van der Waals surface area contributed by atoms with Crippen LogP contribution in [0.4, 0.5) is 0 Å². The highest BCUT2D eigenvalue weighted by molar-refractivity contribution is 5.76. The van der Waals surface area contributed by atoms with Gasteiger partial charge in [-0.2, -0.15) is 0 Å². The number of ether oxygens (including phenoxy) is 1. The van der Waals surface area contributed by atoms with Gasteiger partial charge in [0.2, 0.25) is 5.91 Å². The number of carbonyl (C=O) groups excluding carboxylic acids is 2. The molecular formula is C15H28N2O3. The normalized spacial score (nSPS) is 16.1. The first-order valence-electron chi connectivity index (χ1n) is 7.74. The van der Waals surface area contributed by atoms with Crippen LogP contribution in [0.5, 0.6) is 0 Å². The number of hydrogen-bond donors (Lipinski definition) is 1. The molecule has 0 aromatic carbocycles. The lowest BCUT2D eigenvalue weighted by atomic mass is 9.95. The summed E-state index contributed by atoms with van der Waals surface area (Å²) in [6, 6.07) is 0.376. The van der Waals surface area contributed by atoms with Gasteiger partial charge in [0.1, 0.15) is 0 Å². The van der Waals surface area contributed by atoms with Gasteiger partial charge in [0.25, 0.3) is 0 Å². The molecule has 5 heteroatoms. The van der Waals surface area contributed by atoms with E-state index in [-0.39, 0.29) is 11.9 Å². The molecule has 20 heavy (non-hydrogen) atoms. The molecule has 0 unspecified atom stereocenters. The fourth-order valence-corrected chi connectivity index (χ4v) is 2.59. The Hall–Kier alpha value is -1.10. The first-order valence-corrected chi connectivity index (χ1v) is 7.74. The third kappa shape index (κ3) is 6.89. The molecule has 1 saturated carbocycles. The number of carbonyl (C=O) groups is 2. The predicted molar refractivity (Wildman–Crippen MR) is 78.4 cm³/mol. The Morgan fingerprint density at radius 2 is 1.80 bits per heavy atom. The second-order valence-corrected chi connectivity index (χ2v) is 5.41. The van der Waals surface area contributed by atoms with Crippen LogP contribution in [0, 0.1) is 0 Å². The predicted octanol–water partition coefficient (Wildman–Crippen LogP) is 1.71. The molecule has 1 aliphatic rings. The number of methoxy groups -OCH3 is 1. The van der Waals surface area contributed by atoms with E-state index in [0.29, 0.717) is 32.0 Å². The second kappa shape index (κ2) is 9.75. The maximum Gasteiger partial charge on any atom is 0.306 e. The first kappa shape index (κ1) is 17.0. The van der Waals surface area contributed by atoms with Crippen molar-refractivity contribution in [3.8, 4) is 0 Å². The van der Waals surface area contributed by atoms with E-state index >= 15 is 0 Å². The molecule has 1 N–H and O–H groups in total. The highest BCUT2D eigenvalue weighted by Crippen LogP contribution is 2.17. The summed E-state index contributed by atoms with van der Waals surface area (Å²) in [5.41, 5.74) is 0. The minimum atomic E-state index is -0.199. The van der Waals surface area contributed by atoms with Crippen molar-refractivity contribution in [2.75, 3.05) is 26.7 Å². The van der Waals surface area contributed by atoms with Crippen molar-refractivity contribution in [2.24, 2.45) is 0 Å². The van der Waals surface area contributed by atoms with Gasteiger partial charge in [-0.1, -0.05) is 26.2 Å². The van der Waals surface area contributed by atoms with Crippen LogP contribution in [0.15, 0.2) is 0 Å². The van der Waals surface area contributed by atoms with Gasteiger partial charge >= 0.3 is 5.97 Å². The quantitative estimate of drug-likeness (QED) is 0.689. The maximum absolute atomic E-state index is 11.9. The number of nitrogens with zero attached hydrogens (tertiary/aromatic N) is 1. The summed E-state index contributed by atoms with van der Waals surface area (Å²) in [5.74, 6) is -0.0662. The van der Waals surface area contributed by atoms with E-state index in [1.807, 2.05) is 6.92 Å². The van der Waals surface area contributed by atoms with E-state index in [9.17, 15) is 9.59 Å². The minimum absolute atomic E-state index is 0.133. The van der Waals surface area contributed by atoms with Crippen molar-refractivity contribution in [1.29, 1.82) is 0 Å². The molecule has 1 fully saturated rings. The van der Waals surface area contributed by atoms with Gasteiger partial charge in [0.15, 0.2) is 0 Å².